The topological polar surface area (TPSA) is 113 Å². The summed E-state index contributed by atoms with van der Waals surface area (Å²) in [6.07, 6.45) is 5.32. The summed E-state index contributed by atoms with van der Waals surface area (Å²) < 4.78 is 24.6. The first-order valence-electron chi connectivity index (χ1n) is 9.10. The molecule has 0 aromatic heterocycles. The monoisotopic (exact) mass is 393 g/mol. The van der Waals surface area contributed by atoms with Crippen molar-refractivity contribution in [3.05, 3.63) is 29.8 Å². The molecule has 9 heteroatoms. The molecule has 3 amide bonds. The van der Waals surface area contributed by atoms with Crippen LogP contribution in [0.25, 0.3) is 0 Å². The van der Waals surface area contributed by atoms with Crippen LogP contribution in [0.5, 0.6) is 0 Å². The molecule has 146 valence electrons. The van der Waals surface area contributed by atoms with Crippen LogP contribution in [-0.4, -0.2) is 44.5 Å². The minimum atomic E-state index is -3.63. The highest BCUT2D eigenvalue weighted by molar-refractivity contribution is 7.94. The van der Waals surface area contributed by atoms with Crippen LogP contribution < -0.4 is 14.9 Å². The molecule has 1 aromatic carbocycles. The van der Waals surface area contributed by atoms with E-state index in [0.29, 0.717) is 0 Å². The number of carbonyl (C=O) groups is 3. The number of hydrogen-bond donors (Lipinski definition) is 2. The standard InChI is InChI=1S/C18H23N3O5S/c22-16(20-14-4-2-1-3-5-14)12-19-18(24)13-6-8-15(9-7-13)21-17(23)10-11-27(21,25)26/h6-9,14H,1-5,10-12H2,(H,19,24)(H,20,22). The molecule has 27 heavy (non-hydrogen) atoms. The van der Waals surface area contributed by atoms with E-state index in [1.807, 2.05) is 0 Å². The van der Waals surface area contributed by atoms with Crippen molar-refractivity contribution in [1.29, 1.82) is 0 Å². The van der Waals surface area contributed by atoms with Crippen molar-refractivity contribution in [1.82, 2.24) is 10.6 Å². The molecule has 2 aliphatic rings. The molecule has 2 fully saturated rings. The zero-order valence-corrected chi connectivity index (χ0v) is 15.8. The van der Waals surface area contributed by atoms with Crippen LogP contribution in [-0.2, 0) is 19.6 Å². The Labute approximate surface area is 158 Å². The molecular weight excluding hydrogens is 370 g/mol. The van der Waals surface area contributed by atoms with Crippen molar-refractivity contribution in [3.63, 3.8) is 0 Å². The number of anilines is 1. The van der Waals surface area contributed by atoms with E-state index in [0.717, 1.165) is 30.0 Å². The van der Waals surface area contributed by atoms with Gasteiger partial charge in [0.25, 0.3) is 5.91 Å². The predicted octanol–water partition coefficient (Wildman–Crippen LogP) is 0.932. The molecule has 1 aliphatic carbocycles. The predicted molar refractivity (Wildman–Crippen MR) is 99.7 cm³/mol. The Morgan fingerprint density at radius 3 is 2.33 bits per heavy atom. The second-order valence-electron chi connectivity index (χ2n) is 6.86. The van der Waals surface area contributed by atoms with Gasteiger partial charge in [0.1, 0.15) is 0 Å². The van der Waals surface area contributed by atoms with Crippen molar-refractivity contribution in [2.75, 3.05) is 16.6 Å². The van der Waals surface area contributed by atoms with Gasteiger partial charge in [0.2, 0.25) is 21.8 Å². The van der Waals surface area contributed by atoms with Crippen molar-refractivity contribution in [2.24, 2.45) is 0 Å². The van der Waals surface area contributed by atoms with E-state index in [1.165, 1.54) is 30.7 Å². The Balaban J connectivity index is 1.54. The molecule has 0 spiro atoms. The highest BCUT2D eigenvalue weighted by atomic mass is 32.2. The Hall–Kier alpha value is -2.42. The molecule has 1 saturated carbocycles. The van der Waals surface area contributed by atoms with Gasteiger partial charge in [-0.1, -0.05) is 19.3 Å². The fourth-order valence-electron chi connectivity index (χ4n) is 3.41. The van der Waals surface area contributed by atoms with Crippen LogP contribution in [0.15, 0.2) is 24.3 Å². The fraction of sp³-hybridized carbons (Fsp3) is 0.500. The summed E-state index contributed by atoms with van der Waals surface area (Å²) in [7, 11) is -3.63. The third kappa shape index (κ3) is 4.65. The summed E-state index contributed by atoms with van der Waals surface area (Å²) in [5.74, 6) is -1.34. The van der Waals surface area contributed by atoms with Crippen molar-refractivity contribution < 1.29 is 22.8 Å². The highest BCUT2D eigenvalue weighted by Gasteiger charge is 2.36. The van der Waals surface area contributed by atoms with Crippen molar-refractivity contribution >= 4 is 33.4 Å². The van der Waals surface area contributed by atoms with Gasteiger partial charge in [-0.05, 0) is 37.1 Å². The molecule has 1 aromatic rings. The second kappa shape index (κ2) is 8.08. The number of amides is 3. The van der Waals surface area contributed by atoms with Gasteiger partial charge in [0.15, 0.2) is 0 Å². The average molecular weight is 393 g/mol. The number of benzene rings is 1. The van der Waals surface area contributed by atoms with E-state index >= 15 is 0 Å². The molecule has 1 heterocycles. The van der Waals surface area contributed by atoms with E-state index in [1.54, 1.807) is 0 Å². The van der Waals surface area contributed by atoms with Gasteiger partial charge in [-0.3, -0.25) is 14.4 Å². The van der Waals surface area contributed by atoms with E-state index in [-0.39, 0.29) is 41.9 Å². The van der Waals surface area contributed by atoms with E-state index < -0.39 is 21.8 Å². The average Bonchev–Trinajstić information content (AvgIpc) is 2.93. The molecule has 3 rings (SSSR count). The van der Waals surface area contributed by atoms with Crippen LogP contribution in [0.2, 0.25) is 0 Å². The van der Waals surface area contributed by atoms with Gasteiger partial charge < -0.3 is 10.6 Å². The Bertz CT molecular complexity index is 829. The second-order valence-corrected chi connectivity index (χ2v) is 8.79. The van der Waals surface area contributed by atoms with Gasteiger partial charge in [-0.15, -0.1) is 0 Å². The number of carbonyl (C=O) groups excluding carboxylic acids is 3. The van der Waals surface area contributed by atoms with Crippen molar-refractivity contribution in [2.45, 2.75) is 44.6 Å². The lowest BCUT2D eigenvalue weighted by molar-refractivity contribution is -0.121. The van der Waals surface area contributed by atoms with Crippen LogP contribution in [0.4, 0.5) is 5.69 Å². The summed E-state index contributed by atoms with van der Waals surface area (Å²) >= 11 is 0. The number of nitrogens with one attached hydrogen (secondary N) is 2. The maximum absolute atomic E-state index is 12.2. The van der Waals surface area contributed by atoms with Gasteiger partial charge >= 0.3 is 0 Å². The minimum Gasteiger partial charge on any atom is -0.352 e. The number of sulfonamides is 1. The summed E-state index contributed by atoms with van der Waals surface area (Å²) in [6.45, 7) is -0.115. The normalized spacial score (nSPS) is 19.7. The zero-order chi connectivity index (χ0) is 19.4. The first kappa shape index (κ1) is 19.3. The lowest BCUT2D eigenvalue weighted by Gasteiger charge is -2.22. The molecule has 8 nitrogen and oxygen atoms in total. The van der Waals surface area contributed by atoms with Crippen LogP contribution >= 0.6 is 0 Å². The van der Waals surface area contributed by atoms with Gasteiger partial charge in [-0.2, -0.15) is 0 Å². The molecule has 2 N–H and O–H groups in total. The maximum atomic E-state index is 12.2. The summed E-state index contributed by atoms with van der Waals surface area (Å²) in [4.78, 5) is 35.9. The molecular formula is C18H23N3O5S. The van der Waals surface area contributed by atoms with E-state index in [9.17, 15) is 22.8 Å². The first-order valence-corrected chi connectivity index (χ1v) is 10.7. The number of hydrogen-bond acceptors (Lipinski definition) is 5. The number of rotatable bonds is 5. The van der Waals surface area contributed by atoms with Crippen LogP contribution in [0, 0.1) is 0 Å². The largest absolute Gasteiger partial charge is 0.352 e. The Kier molecular flexibility index (Phi) is 5.79. The Morgan fingerprint density at radius 2 is 1.74 bits per heavy atom. The van der Waals surface area contributed by atoms with E-state index in [2.05, 4.69) is 10.6 Å². The molecule has 0 unspecified atom stereocenters. The SMILES string of the molecule is O=C(CNC(=O)c1ccc(N2C(=O)CCS2(=O)=O)cc1)NC1CCCCC1. The fourth-order valence-corrected chi connectivity index (χ4v) is 4.86. The van der Waals surface area contributed by atoms with Crippen molar-refractivity contribution in [3.8, 4) is 0 Å². The van der Waals surface area contributed by atoms with Gasteiger partial charge in [-0.25, -0.2) is 12.7 Å². The summed E-state index contributed by atoms with van der Waals surface area (Å²) in [6, 6.07) is 5.88. The third-order valence-corrected chi connectivity index (χ3v) is 6.51. The quantitative estimate of drug-likeness (QED) is 0.773. The molecule has 0 bridgehead atoms. The van der Waals surface area contributed by atoms with Gasteiger partial charge in [0, 0.05) is 18.0 Å². The smallest absolute Gasteiger partial charge is 0.251 e. The number of nitrogens with zero attached hydrogens (tertiary/aromatic N) is 1. The summed E-state index contributed by atoms with van der Waals surface area (Å²) in [5.41, 5.74) is 0.498. The lowest BCUT2D eigenvalue weighted by atomic mass is 9.95. The molecule has 0 atom stereocenters. The highest BCUT2D eigenvalue weighted by Crippen LogP contribution is 2.25. The lowest BCUT2D eigenvalue weighted by Crippen LogP contribution is -2.42. The van der Waals surface area contributed by atoms with E-state index in [4.69, 9.17) is 0 Å². The Morgan fingerprint density at radius 1 is 1.07 bits per heavy atom. The van der Waals surface area contributed by atoms with Crippen LogP contribution in [0.1, 0.15) is 48.9 Å². The first-order chi connectivity index (χ1) is 12.9. The minimum absolute atomic E-state index is 0.0410. The molecule has 1 aliphatic heterocycles. The zero-order valence-electron chi connectivity index (χ0n) is 14.9. The molecule has 0 radical (unpaired) electrons. The summed E-state index contributed by atoms with van der Waals surface area (Å²) in [5, 5.41) is 5.47. The maximum Gasteiger partial charge on any atom is 0.251 e. The van der Waals surface area contributed by atoms with Gasteiger partial charge in [0.05, 0.1) is 18.0 Å². The molecule has 1 saturated heterocycles. The third-order valence-electron chi connectivity index (χ3n) is 4.82. The van der Waals surface area contributed by atoms with Crippen LogP contribution in [0.3, 0.4) is 0 Å².